The van der Waals surface area contributed by atoms with E-state index >= 15 is 0 Å². The third-order valence-corrected chi connectivity index (χ3v) is 5.90. The van der Waals surface area contributed by atoms with Gasteiger partial charge in [0.05, 0.1) is 22.5 Å². The van der Waals surface area contributed by atoms with Gasteiger partial charge in [-0.15, -0.1) is 11.3 Å². The number of nitrogens with zero attached hydrogens (tertiary/aromatic N) is 1. The molecule has 30 heavy (non-hydrogen) atoms. The van der Waals surface area contributed by atoms with E-state index in [1.807, 2.05) is 54.6 Å². The number of carbonyl (C=O) groups is 1. The number of thiazole rings is 1. The zero-order valence-electron chi connectivity index (χ0n) is 16.9. The molecule has 3 aromatic carbocycles. The second kappa shape index (κ2) is 9.55. The van der Waals surface area contributed by atoms with E-state index in [9.17, 15) is 4.79 Å². The molecule has 0 bridgehead atoms. The monoisotopic (exact) mass is 416 g/mol. The van der Waals surface area contributed by atoms with Crippen LogP contribution in [0.25, 0.3) is 20.8 Å². The van der Waals surface area contributed by atoms with Crippen molar-refractivity contribution in [3.63, 3.8) is 0 Å². The van der Waals surface area contributed by atoms with Crippen molar-refractivity contribution < 1.29 is 9.53 Å². The van der Waals surface area contributed by atoms with Crippen molar-refractivity contribution in [3.8, 4) is 16.3 Å². The Hall–Kier alpha value is -3.18. The predicted molar refractivity (Wildman–Crippen MR) is 124 cm³/mol. The normalized spacial score (nSPS) is 10.8. The minimum Gasteiger partial charge on any atom is -0.494 e. The second-order valence-corrected chi connectivity index (χ2v) is 8.10. The molecule has 4 nitrogen and oxygen atoms in total. The molecule has 0 fully saturated rings. The Kier molecular flexibility index (Phi) is 6.40. The fraction of sp³-hybridized carbons (Fsp3) is 0.200. The van der Waals surface area contributed by atoms with E-state index in [0.29, 0.717) is 12.2 Å². The maximum Gasteiger partial charge on any atom is 0.255 e. The molecule has 0 aliphatic rings. The smallest absolute Gasteiger partial charge is 0.255 e. The number of para-hydroxylation sites is 2. The summed E-state index contributed by atoms with van der Waals surface area (Å²) >= 11 is 1.62. The van der Waals surface area contributed by atoms with Gasteiger partial charge >= 0.3 is 0 Å². The summed E-state index contributed by atoms with van der Waals surface area (Å²) in [6.07, 6.45) is 3.37. The number of ether oxygens (including phenoxy) is 1. The first-order valence-corrected chi connectivity index (χ1v) is 11.1. The van der Waals surface area contributed by atoms with Gasteiger partial charge in [-0.2, -0.15) is 0 Å². The van der Waals surface area contributed by atoms with E-state index in [-0.39, 0.29) is 5.91 Å². The van der Waals surface area contributed by atoms with Crippen LogP contribution in [0, 0.1) is 0 Å². The average Bonchev–Trinajstić information content (AvgIpc) is 3.21. The largest absolute Gasteiger partial charge is 0.494 e. The van der Waals surface area contributed by atoms with Gasteiger partial charge in [-0.25, -0.2) is 4.98 Å². The summed E-state index contributed by atoms with van der Waals surface area (Å²) in [7, 11) is 0. The summed E-state index contributed by atoms with van der Waals surface area (Å²) in [6.45, 7) is 2.87. The fourth-order valence-electron chi connectivity index (χ4n) is 3.21. The lowest BCUT2D eigenvalue weighted by atomic mass is 10.1. The van der Waals surface area contributed by atoms with E-state index in [4.69, 9.17) is 9.72 Å². The Morgan fingerprint density at radius 3 is 2.53 bits per heavy atom. The molecule has 4 aromatic rings. The van der Waals surface area contributed by atoms with Crippen molar-refractivity contribution in [2.75, 3.05) is 11.9 Å². The van der Waals surface area contributed by atoms with Gasteiger partial charge in [0.25, 0.3) is 5.91 Å². The van der Waals surface area contributed by atoms with Crippen LogP contribution in [0.15, 0.2) is 72.8 Å². The Balaban J connectivity index is 1.48. The molecule has 0 unspecified atom stereocenters. The quantitative estimate of drug-likeness (QED) is 0.322. The molecule has 1 aromatic heterocycles. The van der Waals surface area contributed by atoms with Crippen LogP contribution in [0.4, 0.5) is 5.69 Å². The predicted octanol–water partition coefficient (Wildman–Crippen LogP) is 6.78. The number of hydrogen-bond acceptors (Lipinski definition) is 4. The van der Waals surface area contributed by atoms with Crippen LogP contribution in [-0.2, 0) is 0 Å². The van der Waals surface area contributed by atoms with E-state index in [1.54, 1.807) is 23.5 Å². The molecule has 4 rings (SSSR count). The number of hydrogen-bond donors (Lipinski definition) is 1. The molecule has 0 aliphatic carbocycles. The number of benzene rings is 3. The summed E-state index contributed by atoms with van der Waals surface area (Å²) in [4.78, 5) is 17.5. The highest BCUT2D eigenvalue weighted by molar-refractivity contribution is 7.21. The molecule has 0 saturated carbocycles. The molecule has 1 amide bonds. The number of anilines is 1. The number of carbonyl (C=O) groups excluding carboxylic acids is 1. The number of aromatic nitrogens is 1. The fourth-order valence-corrected chi connectivity index (χ4v) is 4.21. The maximum atomic E-state index is 12.8. The standard InChI is InChI=1S/C25H24N2O2S/c1-2-3-8-17-29-19-15-13-18(14-16-19)24(28)26-21-10-5-4-9-20(21)25-27-22-11-6-7-12-23(22)30-25/h4-7,9-16H,2-3,8,17H2,1H3,(H,26,28). The topological polar surface area (TPSA) is 51.2 Å². The van der Waals surface area contributed by atoms with Crippen molar-refractivity contribution in [1.29, 1.82) is 0 Å². The lowest BCUT2D eigenvalue weighted by molar-refractivity contribution is 0.102. The lowest BCUT2D eigenvalue weighted by Crippen LogP contribution is -2.12. The Morgan fingerprint density at radius 2 is 1.73 bits per heavy atom. The van der Waals surface area contributed by atoms with E-state index < -0.39 is 0 Å². The molecular formula is C25H24N2O2S. The summed E-state index contributed by atoms with van der Waals surface area (Å²) in [6, 6.07) is 23.1. The highest BCUT2D eigenvalue weighted by Crippen LogP contribution is 2.34. The molecule has 0 spiro atoms. The molecule has 5 heteroatoms. The number of unbranched alkanes of at least 4 members (excludes halogenated alkanes) is 2. The molecule has 0 radical (unpaired) electrons. The van der Waals surface area contributed by atoms with Crippen molar-refractivity contribution in [1.82, 2.24) is 4.98 Å². The Bertz CT molecular complexity index is 1100. The average molecular weight is 417 g/mol. The van der Waals surface area contributed by atoms with Gasteiger partial charge in [-0.3, -0.25) is 4.79 Å². The highest BCUT2D eigenvalue weighted by atomic mass is 32.1. The molecule has 0 saturated heterocycles. The van der Waals surface area contributed by atoms with Crippen LogP contribution in [0.5, 0.6) is 5.75 Å². The zero-order valence-corrected chi connectivity index (χ0v) is 17.7. The third kappa shape index (κ3) is 4.69. The zero-order chi connectivity index (χ0) is 20.8. The summed E-state index contributed by atoms with van der Waals surface area (Å²) in [5.41, 5.74) is 3.23. The van der Waals surface area contributed by atoms with Crippen molar-refractivity contribution >= 4 is 33.1 Å². The van der Waals surface area contributed by atoms with E-state index in [2.05, 4.69) is 18.3 Å². The Morgan fingerprint density at radius 1 is 0.967 bits per heavy atom. The molecule has 0 atom stereocenters. The summed E-state index contributed by atoms with van der Waals surface area (Å²) < 4.78 is 6.86. The summed E-state index contributed by atoms with van der Waals surface area (Å²) in [5, 5.41) is 3.93. The first kappa shape index (κ1) is 20.1. The van der Waals surface area contributed by atoms with Gasteiger partial charge in [-0.1, -0.05) is 44.0 Å². The minimum absolute atomic E-state index is 0.152. The van der Waals surface area contributed by atoms with Gasteiger partial charge in [0.15, 0.2) is 0 Å². The third-order valence-electron chi connectivity index (χ3n) is 4.83. The van der Waals surface area contributed by atoms with Crippen LogP contribution in [0.1, 0.15) is 36.5 Å². The van der Waals surface area contributed by atoms with E-state index in [0.717, 1.165) is 45.1 Å². The van der Waals surface area contributed by atoms with E-state index in [1.165, 1.54) is 6.42 Å². The SMILES string of the molecule is CCCCCOc1ccc(C(=O)Nc2ccccc2-c2nc3ccccc3s2)cc1. The first-order chi connectivity index (χ1) is 14.7. The van der Waals surface area contributed by atoms with Gasteiger partial charge < -0.3 is 10.1 Å². The van der Waals surface area contributed by atoms with Crippen molar-refractivity contribution in [2.45, 2.75) is 26.2 Å². The molecule has 1 heterocycles. The van der Waals surface area contributed by atoms with Crippen LogP contribution >= 0.6 is 11.3 Å². The number of rotatable bonds is 8. The van der Waals surface area contributed by atoms with Gasteiger partial charge in [0.2, 0.25) is 0 Å². The van der Waals surface area contributed by atoms with Gasteiger partial charge in [-0.05, 0) is 55.0 Å². The highest BCUT2D eigenvalue weighted by Gasteiger charge is 2.13. The second-order valence-electron chi connectivity index (χ2n) is 7.07. The molecule has 0 aliphatic heterocycles. The maximum absolute atomic E-state index is 12.8. The molecule has 1 N–H and O–H groups in total. The number of nitrogens with one attached hydrogen (secondary N) is 1. The van der Waals surface area contributed by atoms with Gasteiger partial charge in [0.1, 0.15) is 10.8 Å². The van der Waals surface area contributed by atoms with Crippen molar-refractivity contribution in [3.05, 3.63) is 78.4 Å². The lowest BCUT2D eigenvalue weighted by Gasteiger charge is -2.10. The minimum atomic E-state index is -0.152. The Labute approximate surface area is 180 Å². The van der Waals surface area contributed by atoms with Crippen LogP contribution in [-0.4, -0.2) is 17.5 Å². The van der Waals surface area contributed by atoms with Crippen LogP contribution in [0.3, 0.4) is 0 Å². The molecular weight excluding hydrogens is 392 g/mol. The van der Waals surface area contributed by atoms with Crippen molar-refractivity contribution in [2.24, 2.45) is 0 Å². The van der Waals surface area contributed by atoms with Crippen LogP contribution in [0.2, 0.25) is 0 Å². The summed E-state index contributed by atoms with van der Waals surface area (Å²) in [5.74, 6) is 0.638. The number of fused-ring (bicyclic) bond motifs is 1. The molecule has 152 valence electrons. The van der Waals surface area contributed by atoms with Gasteiger partial charge in [0, 0.05) is 11.1 Å². The van der Waals surface area contributed by atoms with Crippen LogP contribution < -0.4 is 10.1 Å². The first-order valence-electron chi connectivity index (χ1n) is 10.2. The number of amides is 1.